The summed E-state index contributed by atoms with van der Waals surface area (Å²) >= 11 is 0. The fraction of sp³-hybridized carbons (Fsp3) is 0.250. The summed E-state index contributed by atoms with van der Waals surface area (Å²) in [7, 11) is 0. The number of hydrogen-bond donors (Lipinski definition) is 2. The molecule has 0 fully saturated rings. The Hall–Kier alpha value is -2.44. The Kier molecular flexibility index (Phi) is 3.74. The molecule has 0 aliphatic rings. The monoisotopic (exact) mass is 265 g/mol. The van der Waals surface area contributed by atoms with E-state index in [9.17, 15) is 9.18 Å². The fourth-order valence-electron chi connectivity index (χ4n) is 1.59. The van der Waals surface area contributed by atoms with E-state index in [4.69, 9.17) is 9.63 Å². The second-order valence-electron chi connectivity index (χ2n) is 3.91. The number of carboxylic acids is 1. The highest BCUT2D eigenvalue weighted by atomic mass is 19.1. The molecule has 1 heterocycles. The van der Waals surface area contributed by atoms with Crippen LogP contribution in [0, 0.1) is 12.7 Å². The van der Waals surface area contributed by atoms with Crippen molar-refractivity contribution in [2.45, 2.75) is 13.3 Å². The Balaban J connectivity index is 2.01. The van der Waals surface area contributed by atoms with Gasteiger partial charge in [0.25, 0.3) is 0 Å². The summed E-state index contributed by atoms with van der Waals surface area (Å²) < 4.78 is 17.9. The molecule has 0 bridgehead atoms. The number of aryl methyl sites for hydroxylation is 1. The molecule has 0 amide bonds. The maximum absolute atomic E-state index is 13.0. The van der Waals surface area contributed by atoms with E-state index in [0.29, 0.717) is 30.4 Å². The van der Waals surface area contributed by atoms with Gasteiger partial charge in [-0.2, -0.15) is 4.98 Å². The Labute approximate surface area is 108 Å². The zero-order valence-electron chi connectivity index (χ0n) is 10.2. The molecule has 0 saturated heterocycles. The van der Waals surface area contributed by atoms with Crippen molar-refractivity contribution < 1.29 is 18.8 Å². The molecular weight excluding hydrogens is 253 g/mol. The highest BCUT2D eigenvalue weighted by molar-refractivity contribution is 5.94. The SMILES string of the molecule is Cc1noc(CCNc2ccc(F)cc2C(=O)O)n1. The molecule has 2 N–H and O–H groups in total. The van der Waals surface area contributed by atoms with Crippen LogP contribution in [0.15, 0.2) is 22.7 Å². The standard InChI is InChI=1S/C12H12FN3O3/c1-7-15-11(19-16-7)4-5-14-10-3-2-8(13)6-9(10)12(17)18/h2-3,6,14H,4-5H2,1H3,(H,17,18). The molecule has 100 valence electrons. The van der Waals surface area contributed by atoms with Crippen LogP contribution in [0.5, 0.6) is 0 Å². The minimum absolute atomic E-state index is 0.110. The molecule has 7 heteroatoms. The van der Waals surface area contributed by atoms with Gasteiger partial charge >= 0.3 is 5.97 Å². The third-order valence-corrected chi connectivity index (χ3v) is 2.44. The fourth-order valence-corrected chi connectivity index (χ4v) is 1.59. The van der Waals surface area contributed by atoms with E-state index in [-0.39, 0.29) is 5.56 Å². The zero-order valence-corrected chi connectivity index (χ0v) is 10.2. The van der Waals surface area contributed by atoms with Crippen molar-refractivity contribution in [3.05, 3.63) is 41.3 Å². The molecule has 19 heavy (non-hydrogen) atoms. The normalized spacial score (nSPS) is 10.4. The Bertz CT molecular complexity index is 598. The number of carbonyl (C=O) groups is 1. The van der Waals surface area contributed by atoms with E-state index in [1.54, 1.807) is 6.92 Å². The average Bonchev–Trinajstić information content (AvgIpc) is 2.77. The van der Waals surface area contributed by atoms with Crippen molar-refractivity contribution in [1.29, 1.82) is 0 Å². The van der Waals surface area contributed by atoms with Crippen LogP contribution in [0.4, 0.5) is 10.1 Å². The molecule has 2 rings (SSSR count). The van der Waals surface area contributed by atoms with Crippen molar-refractivity contribution >= 4 is 11.7 Å². The predicted molar refractivity (Wildman–Crippen MR) is 64.6 cm³/mol. The Morgan fingerprint density at radius 3 is 2.95 bits per heavy atom. The number of hydrogen-bond acceptors (Lipinski definition) is 5. The first-order valence-corrected chi connectivity index (χ1v) is 5.62. The van der Waals surface area contributed by atoms with Crippen LogP contribution >= 0.6 is 0 Å². The van der Waals surface area contributed by atoms with Gasteiger partial charge in [-0.3, -0.25) is 0 Å². The number of anilines is 1. The molecule has 0 radical (unpaired) electrons. The topological polar surface area (TPSA) is 88.2 Å². The summed E-state index contributed by atoms with van der Waals surface area (Å²) in [4.78, 5) is 15.0. The third-order valence-electron chi connectivity index (χ3n) is 2.44. The Morgan fingerprint density at radius 2 is 2.32 bits per heavy atom. The number of aromatic nitrogens is 2. The van der Waals surface area contributed by atoms with Crippen LogP contribution in [-0.2, 0) is 6.42 Å². The molecule has 0 saturated carbocycles. The summed E-state index contributed by atoms with van der Waals surface area (Å²) in [5.74, 6) is -0.766. The molecule has 2 aromatic rings. The van der Waals surface area contributed by atoms with E-state index in [0.717, 1.165) is 6.07 Å². The van der Waals surface area contributed by atoms with E-state index in [2.05, 4.69) is 15.5 Å². The summed E-state index contributed by atoms with van der Waals surface area (Å²) in [5.41, 5.74) is 0.242. The first-order valence-electron chi connectivity index (χ1n) is 5.62. The molecular formula is C12H12FN3O3. The van der Waals surface area contributed by atoms with Crippen molar-refractivity contribution in [2.75, 3.05) is 11.9 Å². The van der Waals surface area contributed by atoms with E-state index < -0.39 is 11.8 Å². The molecule has 6 nitrogen and oxygen atoms in total. The number of aromatic carboxylic acids is 1. The molecule has 0 aliphatic carbocycles. The lowest BCUT2D eigenvalue weighted by molar-refractivity contribution is 0.0697. The minimum atomic E-state index is -1.18. The number of nitrogens with one attached hydrogen (secondary N) is 1. The highest BCUT2D eigenvalue weighted by Gasteiger charge is 2.11. The lowest BCUT2D eigenvalue weighted by Crippen LogP contribution is -2.10. The van der Waals surface area contributed by atoms with Crippen LogP contribution < -0.4 is 5.32 Å². The van der Waals surface area contributed by atoms with Gasteiger partial charge in [-0.25, -0.2) is 9.18 Å². The van der Waals surface area contributed by atoms with Gasteiger partial charge in [-0.1, -0.05) is 5.16 Å². The number of rotatable bonds is 5. The van der Waals surface area contributed by atoms with Crippen LogP contribution in [-0.4, -0.2) is 27.8 Å². The first kappa shape index (κ1) is 13.0. The van der Waals surface area contributed by atoms with Crippen molar-refractivity contribution in [1.82, 2.24) is 10.1 Å². The van der Waals surface area contributed by atoms with Gasteiger partial charge in [0.2, 0.25) is 5.89 Å². The summed E-state index contributed by atoms with van der Waals surface area (Å²) in [6.45, 7) is 2.12. The highest BCUT2D eigenvalue weighted by Crippen LogP contribution is 2.17. The largest absolute Gasteiger partial charge is 0.478 e. The maximum Gasteiger partial charge on any atom is 0.337 e. The summed E-state index contributed by atoms with van der Waals surface area (Å²) in [6, 6.07) is 3.56. The molecule has 1 aromatic carbocycles. The van der Waals surface area contributed by atoms with Crippen LogP contribution in [0.2, 0.25) is 0 Å². The van der Waals surface area contributed by atoms with Gasteiger partial charge < -0.3 is 14.9 Å². The van der Waals surface area contributed by atoms with E-state index in [1.807, 2.05) is 0 Å². The van der Waals surface area contributed by atoms with Gasteiger partial charge in [0.1, 0.15) is 5.82 Å². The molecule has 1 aromatic heterocycles. The zero-order chi connectivity index (χ0) is 13.8. The quantitative estimate of drug-likeness (QED) is 0.858. The van der Waals surface area contributed by atoms with Gasteiger partial charge in [0.05, 0.1) is 5.56 Å². The number of carboxylic acid groups (broad SMARTS) is 1. The lowest BCUT2D eigenvalue weighted by atomic mass is 10.1. The number of benzene rings is 1. The summed E-state index contributed by atoms with van der Waals surface area (Å²) in [5, 5.41) is 15.5. The van der Waals surface area contributed by atoms with E-state index in [1.165, 1.54) is 12.1 Å². The molecule has 0 atom stereocenters. The van der Waals surface area contributed by atoms with Crippen LogP contribution in [0.3, 0.4) is 0 Å². The smallest absolute Gasteiger partial charge is 0.337 e. The second kappa shape index (κ2) is 5.47. The van der Waals surface area contributed by atoms with Gasteiger partial charge in [-0.15, -0.1) is 0 Å². The molecule has 0 spiro atoms. The van der Waals surface area contributed by atoms with Gasteiger partial charge in [-0.05, 0) is 25.1 Å². The van der Waals surface area contributed by atoms with Crippen molar-refractivity contribution in [3.63, 3.8) is 0 Å². The first-order chi connectivity index (χ1) is 9.06. The minimum Gasteiger partial charge on any atom is -0.478 e. The summed E-state index contributed by atoms with van der Waals surface area (Å²) in [6.07, 6.45) is 0.456. The lowest BCUT2D eigenvalue weighted by Gasteiger charge is -2.08. The second-order valence-corrected chi connectivity index (χ2v) is 3.91. The van der Waals surface area contributed by atoms with Crippen LogP contribution in [0.1, 0.15) is 22.1 Å². The number of nitrogens with zero attached hydrogens (tertiary/aromatic N) is 2. The maximum atomic E-state index is 13.0. The molecule has 0 aliphatic heterocycles. The van der Waals surface area contributed by atoms with Gasteiger partial charge in [0, 0.05) is 18.7 Å². The predicted octanol–water partition coefficient (Wildman–Crippen LogP) is 1.87. The van der Waals surface area contributed by atoms with Gasteiger partial charge in [0.15, 0.2) is 5.82 Å². The third kappa shape index (κ3) is 3.27. The van der Waals surface area contributed by atoms with E-state index >= 15 is 0 Å². The van der Waals surface area contributed by atoms with Crippen molar-refractivity contribution in [3.8, 4) is 0 Å². The van der Waals surface area contributed by atoms with Crippen molar-refractivity contribution in [2.24, 2.45) is 0 Å². The average molecular weight is 265 g/mol. The molecule has 0 unspecified atom stereocenters. The number of halogens is 1. The Morgan fingerprint density at radius 1 is 1.53 bits per heavy atom. The van der Waals surface area contributed by atoms with Crippen LogP contribution in [0.25, 0.3) is 0 Å².